The average Bonchev–Trinajstić information content (AvgIpc) is 2.57. The Morgan fingerprint density at radius 1 is 1.12 bits per heavy atom. The SMILES string of the molecule is O=C(Cn1nc(C(=O)[O-])c2ccccc2c1=O)Nc1cccc(Br)c1. The van der Waals surface area contributed by atoms with Gasteiger partial charge in [-0.1, -0.05) is 40.2 Å². The van der Waals surface area contributed by atoms with Gasteiger partial charge in [0, 0.05) is 15.5 Å². The number of amides is 1. The van der Waals surface area contributed by atoms with Crippen LogP contribution in [0.15, 0.2) is 57.8 Å². The average molecular weight is 401 g/mol. The summed E-state index contributed by atoms with van der Waals surface area (Å²) in [4.78, 5) is 35.9. The van der Waals surface area contributed by atoms with Crippen molar-refractivity contribution in [3.8, 4) is 0 Å². The molecule has 0 saturated heterocycles. The number of fused-ring (bicyclic) bond motifs is 1. The molecule has 0 aliphatic heterocycles. The number of anilines is 1. The zero-order valence-electron chi connectivity index (χ0n) is 12.7. The lowest BCUT2D eigenvalue weighted by Gasteiger charge is -2.11. The van der Waals surface area contributed by atoms with E-state index in [4.69, 9.17) is 0 Å². The summed E-state index contributed by atoms with van der Waals surface area (Å²) in [5, 5.41) is 18.0. The molecule has 126 valence electrons. The van der Waals surface area contributed by atoms with Crippen molar-refractivity contribution in [1.29, 1.82) is 0 Å². The van der Waals surface area contributed by atoms with Gasteiger partial charge in [-0.15, -0.1) is 0 Å². The van der Waals surface area contributed by atoms with E-state index in [2.05, 4.69) is 26.3 Å². The minimum atomic E-state index is -1.52. The van der Waals surface area contributed by atoms with E-state index in [1.54, 1.807) is 36.4 Å². The third kappa shape index (κ3) is 3.58. The molecule has 0 aliphatic carbocycles. The number of aromatic nitrogens is 2. The second kappa shape index (κ2) is 6.86. The fraction of sp³-hybridized carbons (Fsp3) is 0.0588. The number of hydrogen-bond acceptors (Lipinski definition) is 5. The number of rotatable bonds is 4. The summed E-state index contributed by atoms with van der Waals surface area (Å²) in [6, 6.07) is 13.1. The Labute approximate surface area is 150 Å². The molecule has 25 heavy (non-hydrogen) atoms. The van der Waals surface area contributed by atoms with Gasteiger partial charge in [0.05, 0.1) is 11.4 Å². The summed E-state index contributed by atoms with van der Waals surface area (Å²) in [6.07, 6.45) is 0. The quantitative estimate of drug-likeness (QED) is 0.707. The van der Waals surface area contributed by atoms with Crippen molar-refractivity contribution >= 4 is 44.3 Å². The van der Waals surface area contributed by atoms with Crippen molar-refractivity contribution < 1.29 is 14.7 Å². The molecule has 0 spiro atoms. The monoisotopic (exact) mass is 400 g/mol. The molecule has 3 aromatic rings. The number of nitrogens with zero attached hydrogens (tertiary/aromatic N) is 2. The molecule has 3 rings (SSSR count). The Morgan fingerprint density at radius 2 is 1.84 bits per heavy atom. The maximum Gasteiger partial charge on any atom is 0.275 e. The van der Waals surface area contributed by atoms with Gasteiger partial charge in [-0.25, -0.2) is 4.68 Å². The molecule has 0 saturated carbocycles. The number of hydrogen-bond donors (Lipinski definition) is 1. The number of carboxylic acid groups (broad SMARTS) is 1. The van der Waals surface area contributed by atoms with Gasteiger partial charge in [0.1, 0.15) is 12.2 Å². The van der Waals surface area contributed by atoms with Gasteiger partial charge < -0.3 is 15.2 Å². The predicted octanol–water partition coefficient (Wildman–Crippen LogP) is 1.16. The molecule has 0 bridgehead atoms. The van der Waals surface area contributed by atoms with Crippen LogP contribution in [0.4, 0.5) is 5.69 Å². The number of carbonyl (C=O) groups excluding carboxylic acids is 2. The van der Waals surface area contributed by atoms with Gasteiger partial charge in [0.2, 0.25) is 5.91 Å². The fourth-order valence-electron chi connectivity index (χ4n) is 2.40. The topological polar surface area (TPSA) is 104 Å². The molecule has 1 amide bonds. The molecule has 8 heteroatoms. The predicted molar refractivity (Wildman–Crippen MR) is 93.1 cm³/mol. The van der Waals surface area contributed by atoms with Gasteiger partial charge in [0.25, 0.3) is 5.56 Å². The Morgan fingerprint density at radius 3 is 2.52 bits per heavy atom. The van der Waals surface area contributed by atoms with Crippen molar-refractivity contribution in [2.75, 3.05) is 5.32 Å². The molecule has 2 aromatic carbocycles. The first-order valence-corrected chi connectivity index (χ1v) is 8.01. The highest BCUT2D eigenvalue weighted by molar-refractivity contribution is 9.10. The van der Waals surface area contributed by atoms with Crippen LogP contribution in [-0.4, -0.2) is 21.7 Å². The van der Waals surface area contributed by atoms with Crippen LogP contribution in [0.1, 0.15) is 10.5 Å². The van der Waals surface area contributed by atoms with Crippen molar-refractivity contribution in [2.45, 2.75) is 6.54 Å². The van der Waals surface area contributed by atoms with Gasteiger partial charge in [0.15, 0.2) is 0 Å². The zero-order valence-corrected chi connectivity index (χ0v) is 14.3. The lowest BCUT2D eigenvalue weighted by atomic mass is 10.1. The first-order valence-electron chi connectivity index (χ1n) is 7.22. The highest BCUT2D eigenvalue weighted by Crippen LogP contribution is 2.16. The van der Waals surface area contributed by atoms with Crippen molar-refractivity contribution in [2.24, 2.45) is 0 Å². The fourth-order valence-corrected chi connectivity index (χ4v) is 2.80. The summed E-state index contributed by atoms with van der Waals surface area (Å²) in [6.45, 7) is -0.420. The van der Waals surface area contributed by atoms with Crippen LogP contribution in [0.25, 0.3) is 10.8 Å². The van der Waals surface area contributed by atoms with Crippen LogP contribution in [0.5, 0.6) is 0 Å². The molecule has 7 nitrogen and oxygen atoms in total. The summed E-state index contributed by atoms with van der Waals surface area (Å²) in [5.41, 5.74) is -0.399. The van der Waals surface area contributed by atoms with Crippen LogP contribution in [0, 0.1) is 0 Å². The van der Waals surface area contributed by atoms with E-state index in [1.807, 2.05) is 0 Å². The highest BCUT2D eigenvalue weighted by atomic mass is 79.9. The van der Waals surface area contributed by atoms with Crippen LogP contribution in [0.3, 0.4) is 0 Å². The molecular weight excluding hydrogens is 390 g/mol. The normalized spacial score (nSPS) is 10.6. The maximum atomic E-state index is 12.4. The second-order valence-corrected chi connectivity index (χ2v) is 6.12. The molecule has 1 N–H and O–H groups in total. The van der Waals surface area contributed by atoms with Crippen molar-refractivity contribution in [3.05, 3.63) is 69.1 Å². The Kier molecular flexibility index (Phi) is 4.62. The van der Waals surface area contributed by atoms with Gasteiger partial charge in [-0.2, -0.15) is 5.10 Å². The standard InChI is InChI=1S/C17H12BrN3O4/c18-10-4-3-5-11(8-10)19-14(22)9-21-16(23)13-7-2-1-6-12(13)15(20-21)17(24)25/h1-8H,9H2,(H,19,22)(H,24,25)/p-1. The first kappa shape index (κ1) is 16.8. The lowest BCUT2D eigenvalue weighted by Crippen LogP contribution is -2.34. The molecule has 0 atom stereocenters. The van der Waals surface area contributed by atoms with Gasteiger partial charge in [-0.3, -0.25) is 9.59 Å². The Bertz CT molecular complexity index is 1050. The third-order valence-corrected chi connectivity index (χ3v) is 3.96. The minimum absolute atomic E-state index is 0.159. The number of nitrogens with one attached hydrogen (secondary N) is 1. The van der Waals surface area contributed by atoms with E-state index in [0.29, 0.717) is 5.69 Å². The second-order valence-electron chi connectivity index (χ2n) is 5.20. The van der Waals surface area contributed by atoms with E-state index >= 15 is 0 Å². The van der Waals surface area contributed by atoms with Crippen LogP contribution >= 0.6 is 15.9 Å². The Balaban J connectivity index is 1.96. The molecule has 0 unspecified atom stereocenters. The zero-order chi connectivity index (χ0) is 18.0. The van der Waals surface area contributed by atoms with Crippen LogP contribution in [0.2, 0.25) is 0 Å². The molecule has 0 aliphatic rings. The Hall–Kier alpha value is -3.00. The highest BCUT2D eigenvalue weighted by Gasteiger charge is 2.13. The van der Waals surface area contributed by atoms with E-state index in [9.17, 15) is 19.5 Å². The molecule has 1 heterocycles. The van der Waals surface area contributed by atoms with Crippen LogP contribution in [-0.2, 0) is 11.3 Å². The molecule has 0 fully saturated rings. The number of benzene rings is 2. The van der Waals surface area contributed by atoms with E-state index < -0.39 is 24.0 Å². The van der Waals surface area contributed by atoms with E-state index in [1.165, 1.54) is 12.1 Å². The first-order chi connectivity index (χ1) is 12.0. The van der Waals surface area contributed by atoms with Crippen molar-refractivity contribution in [3.63, 3.8) is 0 Å². The summed E-state index contributed by atoms with van der Waals surface area (Å²) >= 11 is 3.29. The maximum absolute atomic E-state index is 12.4. The van der Waals surface area contributed by atoms with Gasteiger partial charge in [-0.05, 0) is 24.3 Å². The smallest absolute Gasteiger partial charge is 0.275 e. The van der Waals surface area contributed by atoms with Crippen molar-refractivity contribution in [1.82, 2.24) is 9.78 Å². The number of aromatic carboxylic acids is 1. The third-order valence-electron chi connectivity index (χ3n) is 3.46. The summed E-state index contributed by atoms with van der Waals surface area (Å²) in [5.74, 6) is -2.02. The number of halogens is 1. The summed E-state index contributed by atoms with van der Waals surface area (Å²) in [7, 11) is 0. The largest absolute Gasteiger partial charge is 0.543 e. The lowest BCUT2D eigenvalue weighted by molar-refractivity contribution is -0.255. The van der Waals surface area contributed by atoms with Gasteiger partial charge >= 0.3 is 0 Å². The molecule has 1 aromatic heterocycles. The van der Waals surface area contributed by atoms with Crippen LogP contribution < -0.4 is 16.0 Å². The van der Waals surface area contributed by atoms with E-state index in [-0.39, 0.29) is 16.5 Å². The summed E-state index contributed by atoms with van der Waals surface area (Å²) < 4.78 is 1.60. The van der Waals surface area contributed by atoms with E-state index in [0.717, 1.165) is 9.15 Å². The molecular formula is C17H11BrN3O4-. The number of carboxylic acids is 1. The minimum Gasteiger partial charge on any atom is -0.543 e. The molecule has 0 radical (unpaired) electrons. The number of carbonyl (C=O) groups is 2.